The molecule has 0 heterocycles. The van der Waals surface area contributed by atoms with Crippen LogP contribution in [0.5, 0.6) is 0 Å². The van der Waals surface area contributed by atoms with Gasteiger partial charge in [0.15, 0.2) is 12.2 Å². The third-order valence-corrected chi connectivity index (χ3v) is 21.7. The first-order chi connectivity index (χ1) is 50.1. The molecule has 5 atom stereocenters. The third-order valence-electron chi connectivity index (χ3n) is 19.8. The quantitative estimate of drug-likeness (QED) is 0.0222. The van der Waals surface area contributed by atoms with Crippen molar-refractivity contribution in [2.45, 2.75) is 459 Å². The van der Waals surface area contributed by atoms with Gasteiger partial charge in [-0.2, -0.15) is 0 Å². The lowest BCUT2D eigenvalue weighted by Crippen LogP contribution is -2.30. The highest BCUT2D eigenvalue weighted by molar-refractivity contribution is 7.47. The van der Waals surface area contributed by atoms with E-state index < -0.39 is 97.5 Å². The second-order valence-electron chi connectivity index (χ2n) is 32.5. The SMILES string of the molecule is CC(C)CCCCCCCCCCCCCCCCCCCCC(=O)O[C@H](COC(=O)CCCCCCCCCCCCCCCCCC(C)C)COP(=O)(O)OC[C@@H](O)COP(=O)(O)OC[C@@H](COC(=O)CCCCCCCCCCCC(C)C)OC(=O)CCCCCCCCCCCCC(C)C. The van der Waals surface area contributed by atoms with Gasteiger partial charge in [0.2, 0.25) is 0 Å². The van der Waals surface area contributed by atoms with Crippen LogP contribution in [0, 0.1) is 23.7 Å². The van der Waals surface area contributed by atoms with E-state index in [-0.39, 0.29) is 25.7 Å². The van der Waals surface area contributed by atoms with Gasteiger partial charge in [0.05, 0.1) is 26.4 Å². The average Bonchev–Trinajstić information content (AvgIpc) is 1.40. The summed E-state index contributed by atoms with van der Waals surface area (Å²) in [5.74, 6) is 1.01. The van der Waals surface area contributed by atoms with Gasteiger partial charge in [0.1, 0.15) is 19.3 Å². The van der Waals surface area contributed by atoms with Crippen LogP contribution < -0.4 is 0 Å². The van der Waals surface area contributed by atoms with Crippen LogP contribution in [0.1, 0.15) is 441 Å². The Labute approximate surface area is 638 Å². The highest BCUT2D eigenvalue weighted by Gasteiger charge is 2.30. The fourth-order valence-corrected chi connectivity index (χ4v) is 14.7. The highest BCUT2D eigenvalue weighted by Crippen LogP contribution is 2.45. The Balaban J connectivity index is 5.24. The van der Waals surface area contributed by atoms with Crippen molar-refractivity contribution in [3.63, 3.8) is 0 Å². The second kappa shape index (κ2) is 73.8. The first-order valence-electron chi connectivity index (χ1n) is 43.7. The van der Waals surface area contributed by atoms with Crippen molar-refractivity contribution in [3.05, 3.63) is 0 Å². The Morgan fingerprint density at radius 1 is 0.240 bits per heavy atom. The van der Waals surface area contributed by atoms with E-state index in [2.05, 4.69) is 55.4 Å². The van der Waals surface area contributed by atoms with Gasteiger partial charge >= 0.3 is 39.5 Å². The van der Waals surface area contributed by atoms with Gasteiger partial charge < -0.3 is 33.8 Å². The van der Waals surface area contributed by atoms with Crippen LogP contribution in [0.3, 0.4) is 0 Å². The van der Waals surface area contributed by atoms with E-state index in [9.17, 15) is 43.2 Å². The average molecular weight is 1520 g/mol. The maximum atomic E-state index is 13.1. The number of carbonyl (C=O) groups is 4. The molecule has 0 saturated heterocycles. The van der Waals surface area contributed by atoms with Crippen LogP contribution in [0.25, 0.3) is 0 Å². The Morgan fingerprint density at radius 3 is 0.596 bits per heavy atom. The van der Waals surface area contributed by atoms with Gasteiger partial charge in [0, 0.05) is 25.7 Å². The van der Waals surface area contributed by atoms with Gasteiger partial charge in [-0.3, -0.25) is 37.3 Å². The molecule has 0 aromatic carbocycles. The molecule has 0 aromatic rings. The zero-order chi connectivity index (χ0) is 76.7. The number of phosphoric ester groups is 2. The molecule has 0 aliphatic rings. The molecule has 0 radical (unpaired) electrons. The lowest BCUT2D eigenvalue weighted by Gasteiger charge is -2.21. The first kappa shape index (κ1) is 102. The van der Waals surface area contributed by atoms with Crippen LogP contribution in [0.4, 0.5) is 0 Å². The van der Waals surface area contributed by atoms with Crippen molar-refractivity contribution in [2.24, 2.45) is 23.7 Å². The fourth-order valence-electron chi connectivity index (χ4n) is 13.1. The maximum absolute atomic E-state index is 13.1. The molecule has 618 valence electrons. The zero-order valence-corrected chi connectivity index (χ0v) is 70.5. The molecule has 0 aliphatic heterocycles. The van der Waals surface area contributed by atoms with Gasteiger partial charge in [-0.1, -0.05) is 389 Å². The molecule has 0 bridgehead atoms. The number of unbranched alkanes of at least 4 members (excludes halogenated alkanes) is 48. The van der Waals surface area contributed by atoms with E-state index in [1.54, 1.807) is 0 Å². The summed E-state index contributed by atoms with van der Waals surface area (Å²) in [5, 5.41) is 10.7. The standard InChI is InChI=1S/C85H166O17P2/c1-75(2)61-53-45-37-29-22-18-14-11-9-10-12-16-21-25-34-43-51-59-67-84(89)101-80(71-95-82(87)65-57-49-41-33-24-20-17-13-15-19-23-30-38-46-54-62-76(3)4)73-99-103(91,92)97-69-79(86)70-98-104(93,94)100-74-81(72-96-83(88)66-58-50-42-36-28-32-40-48-56-64-78(7)8)102-85(90)68-60-52-44-35-27-26-31-39-47-55-63-77(5)6/h75-81,86H,9-74H2,1-8H3,(H,91,92)(H,93,94)/t79-,80-,81-/m1/s1. The number of phosphoric acid groups is 2. The summed E-state index contributed by atoms with van der Waals surface area (Å²) >= 11 is 0. The lowest BCUT2D eigenvalue weighted by atomic mass is 10.0. The van der Waals surface area contributed by atoms with E-state index in [1.807, 2.05) is 0 Å². The van der Waals surface area contributed by atoms with Crippen molar-refractivity contribution in [3.8, 4) is 0 Å². The number of esters is 4. The number of aliphatic hydroxyl groups is 1. The minimum absolute atomic E-state index is 0.105. The molecule has 2 unspecified atom stereocenters. The summed E-state index contributed by atoms with van der Waals surface area (Å²) in [6.45, 7) is 14.3. The smallest absolute Gasteiger partial charge is 0.462 e. The van der Waals surface area contributed by atoms with E-state index in [0.717, 1.165) is 114 Å². The summed E-state index contributed by atoms with van der Waals surface area (Å²) in [5.41, 5.74) is 0. The monoisotopic (exact) mass is 1520 g/mol. The number of hydrogen-bond acceptors (Lipinski definition) is 15. The van der Waals surface area contributed by atoms with Crippen LogP contribution in [0.2, 0.25) is 0 Å². The van der Waals surface area contributed by atoms with E-state index in [0.29, 0.717) is 25.7 Å². The summed E-state index contributed by atoms with van der Waals surface area (Å²) in [7, 11) is -9.93. The van der Waals surface area contributed by atoms with Gasteiger partial charge in [-0.15, -0.1) is 0 Å². The molecule has 19 heteroatoms. The van der Waals surface area contributed by atoms with Crippen LogP contribution in [0.15, 0.2) is 0 Å². The van der Waals surface area contributed by atoms with Crippen molar-refractivity contribution in [2.75, 3.05) is 39.6 Å². The number of ether oxygens (including phenoxy) is 4. The molecule has 0 aliphatic carbocycles. The third kappa shape index (κ3) is 78.2. The maximum Gasteiger partial charge on any atom is 0.472 e. The molecule has 17 nitrogen and oxygen atoms in total. The Hall–Kier alpha value is -1.94. The Morgan fingerprint density at radius 2 is 0.404 bits per heavy atom. The topological polar surface area (TPSA) is 237 Å². The summed E-state index contributed by atoms with van der Waals surface area (Å²) in [6.07, 6.45) is 62.5. The minimum Gasteiger partial charge on any atom is -0.462 e. The normalized spacial score (nSPS) is 14.0. The number of hydrogen-bond donors (Lipinski definition) is 3. The molecular formula is C85H166O17P2. The number of rotatable bonds is 82. The molecule has 0 saturated carbocycles. The van der Waals surface area contributed by atoms with Crippen LogP contribution in [-0.4, -0.2) is 96.7 Å². The van der Waals surface area contributed by atoms with E-state index >= 15 is 0 Å². The first-order valence-corrected chi connectivity index (χ1v) is 46.7. The van der Waals surface area contributed by atoms with Gasteiger partial charge in [-0.05, 0) is 49.4 Å². The Bertz CT molecular complexity index is 2020. The van der Waals surface area contributed by atoms with Crippen molar-refractivity contribution in [1.29, 1.82) is 0 Å². The molecular weight excluding hydrogens is 1350 g/mol. The molecule has 104 heavy (non-hydrogen) atoms. The summed E-state index contributed by atoms with van der Waals surface area (Å²) in [6, 6.07) is 0. The highest BCUT2D eigenvalue weighted by atomic mass is 31.2. The van der Waals surface area contributed by atoms with Gasteiger partial charge in [-0.25, -0.2) is 9.13 Å². The van der Waals surface area contributed by atoms with Crippen molar-refractivity contribution >= 4 is 39.5 Å². The zero-order valence-electron chi connectivity index (χ0n) is 68.7. The lowest BCUT2D eigenvalue weighted by molar-refractivity contribution is -0.161. The molecule has 0 aromatic heterocycles. The summed E-state index contributed by atoms with van der Waals surface area (Å²) < 4.78 is 68.9. The second-order valence-corrected chi connectivity index (χ2v) is 35.4. The van der Waals surface area contributed by atoms with Crippen LogP contribution >= 0.6 is 15.6 Å². The van der Waals surface area contributed by atoms with Crippen molar-refractivity contribution in [1.82, 2.24) is 0 Å². The summed E-state index contributed by atoms with van der Waals surface area (Å²) in [4.78, 5) is 73.2. The molecule has 0 fully saturated rings. The van der Waals surface area contributed by atoms with Gasteiger partial charge in [0.25, 0.3) is 0 Å². The predicted octanol–water partition coefficient (Wildman–Crippen LogP) is 25.6. The minimum atomic E-state index is -4.97. The number of aliphatic hydroxyl groups excluding tert-OH is 1. The van der Waals surface area contributed by atoms with E-state index in [1.165, 1.54) is 244 Å². The van der Waals surface area contributed by atoms with Crippen LogP contribution in [-0.2, 0) is 65.4 Å². The molecule has 3 N–H and O–H groups in total. The van der Waals surface area contributed by atoms with E-state index in [4.69, 9.17) is 37.0 Å². The van der Waals surface area contributed by atoms with Crippen molar-refractivity contribution < 1.29 is 80.2 Å². The Kier molecular flexibility index (Phi) is 72.5. The molecule has 0 rings (SSSR count). The molecule has 0 spiro atoms. The molecule has 0 amide bonds. The largest absolute Gasteiger partial charge is 0.472 e. The number of carbonyl (C=O) groups excluding carboxylic acids is 4. The fraction of sp³-hybridized carbons (Fsp3) is 0.953. The predicted molar refractivity (Wildman–Crippen MR) is 428 cm³/mol.